The van der Waals surface area contributed by atoms with Gasteiger partial charge in [-0.3, -0.25) is 14.6 Å². The van der Waals surface area contributed by atoms with Gasteiger partial charge in [0.15, 0.2) is 0 Å². The highest BCUT2D eigenvalue weighted by Crippen LogP contribution is 2.27. The Kier molecular flexibility index (Phi) is 5.15. The number of rotatable bonds is 6. The molecule has 1 fully saturated rings. The van der Waals surface area contributed by atoms with Crippen LogP contribution in [0, 0.1) is 6.92 Å². The smallest absolute Gasteiger partial charge is 0.239 e. The lowest BCUT2D eigenvalue weighted by atomic mass is 10.1. The molecule has 1 aliphatic rings. The molecule has 0 spiro atoms. The van der Waals surface area contributed by atoms with E-state index in [2.05, 4.69) is 27.0 Å². The van der Waals surface area contributed by atoms with Crippen LogP contribution in [0.1, 0.15) is 29.7 Å². The van der Waals surface area contributed by atoms with Crippen molar-refractivity contribution in [3.05, 3.63) is 47.5 Å². The molecule has 1 saturated heterocycles. The number of aryl methyl sites for hydroxylation is 1. The minimum atomic E-state index is -0.364. The number of amides is 1. The lowest BCUT2D eigenvalue weighted by molar-refractivity contribution is -0.123. The van der Waals surface area contributed by atoms with Crippen LogP contribution < -0.4 is 5.73 Å². The van der Waals surface area contributed by atoms with Crippen LogP contribution in [0.25, 0.3) is 0 Å². The third-order valence-corrected chi connectivity index (χ3v) is 5.14. The zero-order valence-electron chi connectivity index (χ0n) is 15.1. The summed E-state index contributed by atoms with van der Waals surface area (Å²) in [6.07, 6.45) is 1.00. The monoisotopic (exact) mass is 342 g/mol. The predicted octanol–water partition coefficient (Wildman–Crippen LogP) is 0.856. The molecule has 0 aliphatic carbocycles. The average Bonchev–Trinajstić information content (AvgIpc) is 3.18. The maximum absolute atomic E-state index is 12.0. The van der Waals surface area contributed by atoms with Gasteiger partial charge in [0, 0.05) is 26.2 Å². The zero-order chi connectivity index (χ0) is 18.0. The standard InChI is InChI=1S/C18H26N6O/c1-13-20-21-16(23(13)3)12-22(2)15-9-10-24(11-15)17(18(19)25)14-7-5-4-6-8-14/h4-8,15,17H,9-12H2,1-3H3,(H2,19,25)/t15-,17-/m0/s1. The number of likely N-dealkylation sites (N-methyl/N-ethyl adjacent to an activating group) is 1. The fraction of sp³-hybridized carbons (Fsp3) is 0.500. The van der Waals surface area contributed by atoms with Gasteiger partial charge in [-0.2, -0.15) is 0 Å². The Morgan fingerprint density at radius 3 is 2.68 bits per heavy atom. The van der Waals surface area contributed by atoms with E-state index in [0.717, 1.165) is 43.3 Å². The minimum Gasteiger partial charge on any atom is -0.368 e. The van der Waals surface area contributed by atoms with Crippen molar-refractivity contribution in [1.82, 2.24) is 24.6 Å². The summed E-state index contributed by atoms with van der Waals surface area (Å²) in [7, 11) is 4.08. The summed E-state index contributed by atoms with van der Waals surface area (Å²) in [6, 6.07) is 9.77. The van der Waals surface area contributed by atoms with Gasteiger partial charge in [-0.05, 0) is 26.0 Å². The van der Waals surface area contributed by atoms with Gasteiger partial charge in [0.25, 0.3) is 0 Å². The molecular weight excluding hydrogens is 316 g/mol. The molecule has 2 atom stereocenters. The van der Waals surface area contributed by atoms with Crippen molar-refractivity contribution in [2.75, 3.05) is 20.1 Å². The minimum absolute atomic E-state index is 0.293. The third kappa shape index (κ3) is 3.72. The molecule has 25 heavy (non-hydrogen) atoms. The zero-order valence-corrected chi connectivity index (χ0v) is 15.1. The Hall–Kier alpha value is -2.25. The number of benzene rings is 1. The molecule has 0 unspecified atom stereocenters. The number of hydrogen-bond acceptors (Lipinski definition) is 5. The van der Waals surface area contributed by atoms with Crippen LogP contribution in [0.4, 0.5) is 0 Å². The van der Waals surface area contributed by atoms with Gasteiger partial charge in [0.05, 0.1) is 6.54 Å². The Morgan fingerprint density at radius 2 is 2.08 bits per heavy atom. The summed E-state index contributed by atoms with van der Waals surface area (Å²) in [5.74, 6) is 1.57. The summed E-state index contributed by atoms with van der Waals surface area (Å²) in [5, 5.41) is 8.36. The van der Waals surface area contributed by atoms with Crippen molar-refractivity contribution >= 4 is 5.91 Å². The van der Waals surface area contributed by atoms with Crippen molar-refractivity contribution in [2.24, 2.45) is 12.8 Å². The van der Waals surface area contributed by atoms with E-state index in [1.807, 2.05) is 48.9 Å². The molecule has 134 valence electrons. The summed E-state index contributed by atoms with van der Waals surface area (Å²) in [4.78, 5) is 16.5. The molecule has 7 nitrogen and oxygen atoms in total. The SMILES string of the molecule is Cc1nnc(CN(C)[C@H]2CCN([C@H](C(N)=O)c3ccccc3)C2)n1C. The maximum atomic E-state index is 12.0. The van der Waals surface area contributed by atoms with Gasteiger partial charge in [0.1, 0.15) is 17.7 Å². The molecule has 2 heterocycles. The number of nitrogens with zero attached hydrogens (tertiary/aromatic N) is 5. The fourth-order valence-corrected chi connectivity index (χ4v) is 3.49. The van der Waals surface area contributed by atoms with Gasteiger partial charge < -0.3 is 10.3 Å². The van der Waals surface area contributed by atoms with Crippen LogP contribution in [-0.2, 0) is 18.4 Å². The van der Waals surface area contributed by atoms with Crippen LogP contribution in [0.2, 0.25) is 0 Å². The van der Waals surface area contributed by atoms with Crippen LogP contribution in [0.3, 0.4) is 0 Å². The molecule has 0 radical (unpaired) electrons. The maximum Gasteiger partial charge on any atom is 0.239 e. The highest BCUT2D eigenvalue weighted by atomic mass is 16.1. The molecular formula is C18H26N6O. The lowest BCUT2D eigenvalue weighted by Crippen LogP contribution is -2.39. The van der Waals surface area contributed by atoms with E-state index < -0.39 is 0 Å². The second kappa shape index (κ2) is 7.33. The molecule has 1 aromatic heterocycles. The largest absolute Gasteiger partial charge is 0.368 e. The Balaban J connectivity index is 1.67. The highest BCUT2D eigenvalue weighted by Gasteiger charge is 2.34. The number of nitrogens with two attached hydrogens (primary N) is 1. The van der Waals surface area contributed by atoms with Crippen molar-refractivity contribution in [1.29, 1.82) is 0 Å². The van der Waals surface area contributed by atoms with Crippen LogP contribution >= 0.6 is 0 Å². The van der Waals surface area contributed by atoms with Gasteiger partial charge >= 0.3 is 0 Å². The fourth-order valence-electron chi connectivity index (χ4n) is 3.49. The topological polar surface area (TPSA) is 80.3 Å². The summed E-state index contributed by atoms with van der Waals surface area (Å²) < 4.78 is 2.01. The lowest BCUT2D eigenvalue weighted by Gasteiger charge is -2.28. The second-order valence-electron chi connectivity index (χ2n) is 6.79. The van der Waals surface area contributed by atoms with Gasteiger partial charge in [-0.15, -0.1) is 10.2 Å². The predicted molar refractivity (Wildman–Crippen MR) is 95.6 cm³/mol. The number of carbonyl (C=O) groups is 1. The average molecular weight is 342 g/mol. The van der Waals surface area contributed by atoms with E-state index in [4.69, 9.17) is 5.73 Å². The quantitative estimate of drug-likeness (QED) is 0.842. The molecule has 1 aromatic carbocycles. The summed E-state index contributed by atoms with van der Waals surface area (Å²) in [5.41, 5.74) is 6.66. The summed E-state index contributed by atoms with van der Waals surface area (Å²) in [6.45, 7) is 4.36. The first-order chi connectivity index (χ1) is 12.0. The van der Waals surface area contributed by atoms with Crippen molar-refractivity contribution in [2.45, 2.75) is 32.0 Å². The number of likely N-dealkylation sites (tertiary alicyclic amines) is 1. The van der Waals surface area contributed by atoms with E-state index in [9.17, 15) is 4.79 Å². The molecule has 0 bridgehead atoms. The summed E-state index contributed by atoms with van der Waals surface area (Å²) >= 11 is 0. The Morgan fingerprint density at radius 1 is 1.36 bits per heavy atom. The number of carbonyl (C=O) groups excluding carboxylic acids is 1. The van der Waals surface area contributed by atoms with E-state index in [0.29, 0.717) is 6.04 Å². The second-order valence-corrected chi connectivity index (χ2v) is 6.79. The van der Waals surface area contributed by atoms with Crippen molar-refractivity contribution < 1.29 is 4.79 Å². The van der Waals surface area contributed by atoms with Crippen LogP contribution in [0.5, 0.6) is 0 Å². The molecule has 7 heteroatoms. The highest BCUT2D eigenvalue weighted by molar-refractivity contribution is 5.81. The first kappa shape index (κ1) is 17.6. The molecule has 0 saturated carbocycles. The normalized spacial score (nSPS) is 19.4. The third-order valence-electron chi connectivity index (χ3n) is 5.14. The van der Waals surface area contributed by atoms with E-state index in [1.54, 1.807) is 0 Å². The van der Waals surface area contributed by atoms with Gasteiger partial charge in [-0.1, -0.05) is 30.3 Å². The van der Waals surface area contributed by atoms with E-state index in [-0.39, 0.29) is 11.9 Å². The van der Waals surface area contributed by atoms with Gasteiger partial charge in [0.2, 0.25) is 5.91 Å². The molecule has 2 aromatic rings. The molecule has 1 amide bonds. The molecule has 2 N–H and O–H groups in total. The van der Waals surface area contributed by atoms with E-state index >= 15 is 0 Å². The first-order valence-corrected chi connectivity index (χ1v) is 8.60. The van der Waals surface area contributed by atoms with Crippen molar-refractivity contribution in [3.8, 4) is 0 Å². The van der Waals surface area contributed by atoms with Crippen LogP contribution in [-0.4, -0.2) is 56.7 Å². The number of primary amides is 1. The molecule has 1 aliphatic heterocycles. The Bertz CT molecular complexity index is 728. The van der Waals surface area contributed by atoms with Crippen molar-refractivity contribution in [3.63, 3.8) is 0 Å². The van der Waals surface area contributed by atoms with Crippen LogP contribution in [0.15, 0.2) is 30.3 Å². The number of hydrogen-bond donors (Lipinski definition) is 1. The first-order valence-electron chi connectivity index (χ1n) is 8.60. The molecule has 3 rings (SSSR count). The van der Waals surface area contributed by atoms with Gasteiger partial charge in [-0.25, -0.2) is 0 Å². The van der Waals surface area contributed by atoms with E-state index in [1.165, 1.54) is 0 Å². The number of aromatic nitrogens is 3. The Labute approximate surface area is 148 Å².